The average molecular weight is 1190 g/mol. The molecule has 0 aliphatic heterocycles. The molecule has 0 atom stereocenters. The van der Waals surface area contributed by atoms with Crippen LogP contribution in [0.5, 0.6) is 5.75 Å². The highest BCUT2D eigenvalue weighted by Gasteiger charge is 2.29. The summed E-state index contributed by atoms with van der Waals surface area (Å²) in [7, 11) is -36.5. The van der Waals surface area contributed by atoms with Gasteiger partial charge in [-0.3, -0.25) is 27.3 Å². The maximum Gasteiger partial charge on any atom is 0.397 e. The Bertz CT molecular complexity index is 4380. The van der Waals surface area contributed by atoms with Gasteiger partial charge in [-0.05, 0) is 89.3 Å². The zero-order valence-corrected chi connectivity index (χ0v) is 42.9. The number of phenols is 1. The Hall–Kier alpha value is -7.31. The summed E-state index contributed by atoms with van der Waals surface area (Å²) in [4.78, 5) is -6.58. The summed E-state index contributed by atoms with van der Waals surface area (Å²) in [6.07, 6.45) is 1.99. The molecule has 0 radical (unpaired) electrons. The lowest BCUT2D eigenvalue weighted by Crippen LogP contribution is -2.16. The van der Waals surface area contributed by atoms with Crippen molar-refractivity contribution in [3.63, 3.8) is 0 Å². The van der Waals surface area contributed by atoms with Gasteiger partial charge in [-0.2, -0.15) is 60.7 Å². The van der Waals surface area contributed by atoms with Gasteiger partial charge in [0, 0.05) is 5.69 Å². The molecule has 0 spiro atoms. The van der Waals surface area contributed by atoms with Gasteiger partial charge in [0.15, 0.2) is 15.6 Å². The molecular weight excluding hydrogens is 1160 g/mol. The number of nitrogen functional groups attached to an aromatic ring is 3. The van der Waals surface area contributed by atoms with Gasteiger partial charge in [-0.15, -0.1) is 20.5 Å². The minimum Gasteiger partial charge on any atom is -0.505 e. The summed E-state index contributed by atoms with van der Waals surface area (Å²) < 4.78 is 235. The lowest BCUT2D eigenvalue weighted by Gasteiger charge is -2.14. The normalized spacial score (nSPS) is 13.5. The molecule has 0 amide bonds. The van der Waals surface area contributed by atoms with E-state index in [1.165, 1.54) is 24.3 Å². The van der Waals surface area contributed by atoms with Crippen LogP contribution in [0.25, 0.3) is 22.9 Å². The molecule has 0 aliphatic carbocycles. The number of nitrogens with two attached hydrogens (primary N) is 3. The monoisotopic (exact) mass is 1190 g/mol. The Balaban J connectivity index is 1.43. The van der Waals surface area contributed by atoms with Gasteiger partial charge in [0.25, 0.3) is 50.6 Å². The Kier molecular flexibility index (Phi) is 16.0. The zero-order valence-electron chi connectivity index (χ0n) is 37.2. The lowest BCUT2D eigenvalue weighted by molar-refractivity contribution is 0.284. The molecule has 38 heteroatoms. The third-order valence-corrected chi connectivity index (χ3v) is 16.4. The van der Waals surface area contributed by atoms with Crippen molar-refractivity contribution in [2.24, 2.45) is 30.7 Å². The molecule has 0 aromatic heterocycles. The number of phenolic OH excluding ortho intramolecular Hbond substituents is 1. The van der Waals surface area contributed by atoms with Crippen LogP contribution in [-0.4, -0.2) is 104 Å². The topological polar surface area (TPSA) is 542 Å². The molecule has 31 nitrogen and oxygen atoms in total. The van der Waals surface area contributed by atoms with E-state index in [0.29, 0.717) is 42.1 Å². The number of anilines is 3. The summed E-state index contributed by atoms with van der Waals surface area (Å²) in [6.45, 7) is -1.16. The summed E-state index contributed by atoms with van der Waals surface area (Å²) in [6, 6.07) is 12.7. The van der Waals surface area contributed by atoms with Crippen LogP contribution in [0.1, 0.15) is 11.1 Å². The first kappa shape index (κ1) is 58.0. The van der Waals surface area contributed by atoms with E-state index in [2.05, 4.69) is 34.9 Å². The molecule has 0 saturated carbocycles. The SMILES string of the molecule is Nc1ccc(N=Nc2ccc(/C=C/c3ccc(N=Nc4c(S(=O)(=O)O)cc5cc(S(=O)(=O)O)c(N=Nc6ccc(S(=O)(=O)CCOS(=O)(=O)O)cc6S(=O)(=O)O)c(N)c5c4O)cc3S(=O)(=O)O)c(S(=O)(=O)O)c2)c(N)c1. The van der Waals surface area contributed by atoms with Crippen molar-refractivity contribution in [1.82, 2.24) is 0 Å². The Labute approximate surface area is 429 Å². The van der Waals surface area contributed by atoms with Crippen molar-refractivity contribution in [3.8, 4) is 5.75 Å². The largest absolute Gasteiger partial charge is 0.505 e. The average Bonchev–Trinajstić information content (AvgIpc) is 3.27. The van der Waals surface area contributed by atoms with Gasteiger partial charge in [0.05, 0.1) is 45.4 Å². The van der Waals surface area contributed by atoms with Crippen LogP contribution >= 0.6 is 0 Å². The van der Waals surface area contributed by atoms with E-state index in [-0.39, 0.29) is 28.2 Å². The number of hydrogen-bond donors (Lipinski definition) is 10. The Morgan fingerprint density at radius 2 is 0.934 bits per heavy atom. The minimum atomic E-state index is -5.53. The number of fused-ring (bicyclic) bond motifs is 1. The first-order valence-electron chi connectivity index (χ1n) is 19.7. The molecule has 0 fully saturated rings. The number of benzene rings is 6. The summed E-state index contributed by atoms with van der Waals surface area (Å²) in [5.41, 5.74) is 12.7. The molecule has 6 aromatic carbocycles. The minimum absolute atomic E-state index is 0.0939. The van der Waals surface area contributed by atoms with Crippen molar-refractivity contribution in [1.29, 1.82) is 0 Å². The van der Waals surface area contributed by atoms with E-state index in [9.17, 15) is 86.8 Å². The van der Waals surface area contributed by atoms with E-state index in [0.717, 1.165) is 36.4 Å². The quantitative estimate of drug-likeness (QED) is 0.0219. The third-order valence-electron chi connectivity index (χ3n) is 9.86. The fraction of sp³-hybridized carbons (Fsp3) is 0.0526. The number of azo groups is 3. The lowest BCUT2D eigenvalue weighted by atomic mass is 10.1. The van der Waals surface area contributed by atoms with Crippen LogP contribution in [0.4, 0.5) is 51.2 Å². The molecule has 76 heavy (non-hydrogen) atoms. The number of aromatic hydroxyl groups is 1. The van der Waals surface area contributed by atoms with Crippen LogP contribution in [0.15, 0.2) is 145 Å². The zero-order chi connectivity index (χ0) is 56.7. The number of nitrogens with zero attached hydrogens (tertiary/aromatic N) is 6. The van der Waals surface area contributed by atoms with Crippen LogP contribution < -0.4 is 17.2 Å². The summed E-state index contributed by atoms with van der Waals surface area (Å²) in [5, 5.41) is 32.2. The first-order chi connectivity index (χ1) is 34.8. The highest BCUT2D eigenvalue weighted by molar-refractivity contribution is 7.91. The molecule has 6 rings (SSSR count). The van der Waals surface area contributed by atoms with Gasteiger partial charge in [-0.25, -0.2) is 12.6 Å². The van der Waals surface area contributed by atoms with Crippen molar-refractivity contribution < 1.29 is 95.5 Å². The molecule has 0 unspecified atom stereocenters. The van der Waals surface area contributed by atoms with Gasteiger partial charge >= 0.3 is 10.4 Å². The fourth-order valence-corrected chi connectivity index (χ4v) is 11.5. The second-order valence-electron chi connectivity index (χ2n) is 15.1. The summed E-state index contributed by atoms with van der Waals surface area (Å²) >= 11 is 0. The van der Waals surface area contributed by atoms with Crippen LogP contribution in [0.2, 0.25) is 0 Å². The van der Waals surface area contributed by atoms with Crippen LogP contribution in [0.3, 0.4) is 0 Å². The predicted octanol–water partition coefficient (Wildman–Crippen LogP) is 5.54. The highest BCUT2D eigenvalue weighted by Crippen LogP contribution is 2.49. The van der Waals surface area contributed by atoms with Crippen LogP contribution in [-0.2, 0) is 75.0 Å². The van der Waals surface area contributed by atoms with Crippen molar-refractivity contribution in [2.75, 3.05) is 29.6 Å². The number of sulfone groups is 1. The van der Waals surface area contributed by atoms with Gasteiger partial charge < -0.3 is 22.3 Å². The molecule has 0 saturated heterocycles. The first-order valence-corrected chi connectivity index (χ1v) is 29.9. The van der Waals surface area contributed by atoms with E-state index < -0.39 is 158 Å². The van der Waals surface area contributed by atoms with Gasteiger partial charge in [0.2, 0.25) is 0 Å². The number of hydrogen-bond acceptors (Lipinski definition) is 25. The van der Waals surface area contributed by atoms with Gasteiger partial charge in [-0.1, -0.05) is 24.3 Å². The maximum absolute atomic E-state index is 12.8. The number of rotatable bonds is 18. The molecule has 0 aliphatic rings. The summed E-state index contributed by atoms with van der Waals surface area (Å²) in [5.74, 6) is -2.53. The smallest absolute Gasteiger partial charge is 0.397 e. The molecule has 0 bridgehead atoms. The van der Waals surface area contributed by atoms with Crippen LogP contribution in [0, 0.1) is 0 Å². The standard InChI is InChI=1S/C38H33N9O22S7/c39-22-5-9-27(26(40)15-22)44-42-23-6-3-19(29(16-23)71(51,52)53)1-2-20-4-7-24(17-30(20)72(54,55)56)43-47-37-33(75(63,64)65)14-21-13-32(74(60,61)62)36(35(41)34(21)38(37)48)46-45-28-10-8-25(18-31(28)73(57,58)59)70(49,50)12-11-69-76(66,67)68/h1-10,13-18,48H,11-12,39-41H2,(H,51,52,53)(H,54,55,56)(H,57,58,59)(H,60,61,62)(H,63,64,65)(H,66,67,68)/b2-1+,44-42?,46-45?,47-43?. The maximum atomic E-state index is 12.8. The third kappa shape index (κ3) is 13.7. The Morgan fingerprint density at radius 3 is 1.42 bits per heavy atom. The fourth-order valence-electron chi connectivity index (χ4n) is 6.51. The van der Waals surface area contributed by atoms with Crippen molar-refractivity contribution in [2.45, 2.75) is 29.4 Å². The molecule has 404 valence electrons. The molecule has 0 heterocycles. The molecule has 6 aromatic rings. The van der Waals surface area contributed by atoms with E-state index in [1.54, 1.807) is 0 Å². The van der Waals surface area contributed by atoms with E-state index in [1.807, 2.05) is 0 Å². The highest BCUT2D eigenvalue weighted by atomic mass is 32.3. The molecular formula is C38H33N9O22S7. The van der Waals surface area contributed by atoms with Crippen molar-refractivity contribution in [3.05, 3.63) is 96.1 Å². The second-order valence-corrected chi connectivity index (χ2v) is 25.2. The Morgan fingerprint density at radius 1 is 0.474 bits per heavy atom. The van der Waals surface area contributed by atoms with Gasteiger partial charge in [0.1, 0.15) is 47.2 Å². The van der Waals surface area contributed by atoms with E-state index >= 15 is 0 Å². The molecule has 13 N–H and O–H groups in total. The predicted molar refractivity (Wildman–Crippen MR) is 265 cm³/mol. The van der Waals surface area contributed by atoms with Crippen molar-refractivity contribution >= 4 is 145 Å². The second kappa shape index (κ2) is 21.0. The van der Waals surface area contributed by atoms with E-state index in [4.69, 9.17) is 21.8 Å².